The van der Waals surface area contributed by atoms with Gasteiger partial charge in [-0.3, -0.25) is 9.69 Å². The Hall–Kier alpha value is -3.52. The molecule has 2 aromatic heterocycles. The second-order valence-electron chi connectivity index (χ2n) is 11.4. The number of fused-ring (bicyclic) bond motifs is 1. The molecule has 0 amide bonds. The van der Waals surface area contributed by atoms with E-state index in [1.807, 2.05) is 17.7 Å². The number of aromatic nitrogens is 5. The van der Waals surface area contributed by atoms with E-state index in [4.69, 9.17) is 0 Å². The van der Waals surface area contributed by atoms with Gasteiger partial charge in [0.15, 0.2) is 5.82 Å². The quantitative estimate of drug-likeness (QED) is 0.399. The topological polar surface area (TPSA) is 82.9 Å². The van der Waals surface area contributed by atoms with Gasteiger partial charge >= 0.3 is 0 Å². The molecule has 3 heterocycles. The maximum Gasteiger partial charge on any atom is 0.253 e. The molecule has 1 N–H and O–H groups in total. The summed E-state index contributed by atoms with van der Waals surface area (Å²) >= 11 is 0. The minimum Gasteiger partial charge on any atom is -0.369 e. The lowest BCUT2D eigenvalue weighted by molar-refractivity contribution is 0.186. The Labute approximate surface area is 224 Å². The van der Waals surface area contributed by atoms with Crippen molar-refractivity contribution in [3.8, 4) is 0 Å². The number of piperazine rings is 1. The summed E-state index contributed by atoms with van der Waals surface area (Å²) in [5.41, 5.74) is 7.35. The highest BCUT2D eigenvalue weighted by Gasteiger charge is 2.36. The highest BCUT2D eigenvalue weighted by atomic mass is 16.1. The molecule has 0 aliphatic carbocycles. The summed E-state index contributed by atoms with van der Waals surface area (Å²) < 4.78 is 1.92. The zero-order valence-corrected chi connectivity index (χ0v) is 23.7. The van der Waals surface area contributed by atoms with Crippen molar-refractivity contribution in [1.29, 1.82) is 0 Å². The van der Waals surface area contributed by atoms with Crippen LogP contribution in [0.25, 0.3) is 10.9 Å². The molecule has 0 bridgehead atoms. The van der Waals surface area contributed by atoms with Gasteiger partial charge in [-0.15, -0.1) is 5.10 Å². The maximum absolute atomic E-state index is 13.7. The lowest BCUT2D eigenvalue weighted by Gasteiger charge is -2.41. The average Bonchev–Trinajstić information content (AvgIpc) is 3.38. The van der Waals surface area contributed by atoms with E-state index in [1.54, 1.807) is 0 Å². The number of H-pyrrole nitrogens is 1. The van der Waals surface area contributed by atoms with E-state index in [0.717, 1.165) is 49.1 Å². The van der Waals surface area contributed by atoms with Crippen LogP contribution in [0, 0.1) is 27.7 Å². The monoisotopic (exact) mass is 513 g/mol. The zero-order valence-electron chi connectivity index (χ0n) is 23.7. The van der Waals surface area contributed by atoms with Crippen molar-refractivity contribution < 1.29 is 0 Å². The first-order valence-corrected chi connectivity index (χ1v) is 13.6. The number of nitrogens with zero attached hydrogens (tertiary/aromatic N) is 6. The fourth-order valence-corrected chi connectivity index (χ4v) is 5.65. The first-order valence-electron chi connectivity index (χ1n) is 13.6. The van der Waals surface area contributed by atoms with Gasteiger partial charge in [-0.2, -0.15) is 0 Å². The van der Waals surface area contributed by atoms with Crippen molar-refractivity contribution >= 4 is 16.6 Å². The fraction of sp³-hybridized carbons (Fsp3) is 0.467. The van der Waals surface area contributed by atoms with Crippen molar-refractivity contribution in [2.75, 3.05) is 31.1 Å². The van der Waals surface area contributed by atoms with Crippen LogP contribution in [0.3, 0.4) is 0 Å². The number of rotatable bonds is 6. The van der Waals surface area contributed by atoms with Gasteiger partial charge in [0.05, 0.1) is 11.1 Å². The molecule has 0 saturated carbocycles. The number of anilines is 1. The lowest BCUT2D eigenvalue weighted by Crippen LogP contribution is -2.49. The molecule has 0 radical (unpaired) electrons. The van der Waals surface area contributed by atoms with Gasteiger partial charge < -0.3 is 9.88 Å². The van der Waals surface area contributed by atoms with Crippen LogP contribution in [0.5, 0.6) is 0 Å². The van der Waals surface area contributed by atoms with Gasteiger partial charge in [0, 0.05) is 37.4 Å². The van der Waals surface area contributed by atoms with Crippen molar-refractivity contribution in [1.82, 2.24) is 30.1 Å². The molecule has 8 nitrogen and oxygen atoms in total. The van der Waals surface area contributed by atoms with Crippen molar-refractivity contribution in [2.45, 2.75) is 66.5 Å². The highest BCUT2D eigenvalue weighted by Crippen LogP contribution is 2.33. The lowest BCUT2D eigenvalue weighted by atomic mass is 9.98. The van der Waals surface area contributed by atoms with E-state index in [9.17, 15) is 4.79 Å². The first-order chi connectivity index (χ1) is 18.1. The Kier molecular flexibility index (Phi) is 6.86. The Morgan fingerprint density at radius 3 is 2.45 bits per heavy atom. The molecule has 1 aliphatic heterocycles. The number of hydrogen-bond donors (Lipinski definition) is 1. The summed E-state index contributed by atoms with van der Waals surface area (Å²) in [5, 5.41) is 14.1. The summed E-state index contributed by atoms with van der Waals surface area (Å²) in [5.74, 6) is 0.714. The van der Waals surface area contributed by atoms with Crippen LogP contribution in [0.15, 0.2) is 41.2 Å². The molecule has 0 spiro atoms. The molecule has 5 rings (SSSR count). The number of aromatic amines is 1. The number of aryl methyl sites for hydroxylation is 3. The molecule has 0 unspecified atom stereocenters. The molecule has 1 aliphatic rings. The van der Waals surface area contributed by atoms with E-state index in [-0.39, 0.29) is 17.1 Å². The molecule has 4 aromatic rings. The highest BCUT2D eigenvalue weighted by molar-refractivity contribution is 5.83. The fourth-order valence-electron chi connectivity index (χ4n) is 5.65. The number of hydrogen-bond acceptors (Lipinski definition) is 6. The smallest absolute Gasteiger partial charge is 0.253 e. The van der Waals surface area contributed by atoms with E-state index < -0.39 is 0 Å². The molecular weight excluding hydrogens is 474 g/mol. The predicted octanol–water partition coefficient (Wildman–Crippen LogP) is 4.80. The van der Waals surface area contributed by atoms with Gasteiger partial charge in [0.25, 0.3) is 5.56 Å². The molecule has 2 aromatic carbocycles. The number of pyridine rings is 1. The SMILES string of the molecule is CCC(C)(C)n1nnnc1[C@H](c1cc2cc(C)cc(C)c2[nH]c1=O)N1CCN(c2cccc(C)c2C)CC1. The largest absolute Gasteiger partial charge is 0.369 e. The van der Waals surface area contributed by atoms with Crippen LogP contribution in [-0.4, -0.2) is 56.3 Å². The van der Waals surface area contributed by atoms with Crippen LogP contribution in [0.4, 0.5) is 5.69 Å². The van der Waals surface area contributed by atoms with Crippen molar-refractivity contribution in [2.24, 2.45) is 0 Å². The average molecular weight is 514 g/mol. The van der Waals surface area contributed by atoms with Gasteiger partial charge in [-0.1, -0.05) is 30.7 Å². The van der Waals surface area contributed by atoms with Gasteiger partial charge in [-0.25, -0.2) is 4.68 Å². The van der Waals surface area contributed by atoms with Crippen molar-refractivity contribution in [3.05, 3.63) is 80.4 Å². The van der Waals surface area contributed by atoms with E-state index in [1.165, 1.54) is 22.4 Å². The van der Waals surface area contributed by atoms with Crippen LogP contribution >= 0.6 is 0 Å². The Morgan fingerprint density at radius 2 is 1.74 bits per heavy atom. The van der Waals surface area contributed by atoms with E-state index >= 15 is 0 Å². The second kappa shape index (κ2) is 9.98. The van der Waals surface area contributed by atoms with E-state index in [2.05, 4.69) is 102 Å². The molecule has 1 fully saturated rings. The minimum atomic E-state index is -0.356. The van der Waals surface area contributed by atoms with Gasteiger partial charge in [0.1, 0.15) is 6.04 Å². The summed E-state index contributed by atoms with van der Waals surface area (Å²) in [6, 6.07) is 12.4. The Morgan fingerprint density at radius 1 is 1.00 bits per heavy atom. The summed E-state index contributed by atoms with van der Waals surface area (Å²) in [7, 11) is 0. The number of tetrazole rings is 1. The number of nitrogens with one attached hydrogen (secondary N) is 1. The van der Waals surface area contributed by atoms with Gasteiger partial charge in [0.2, 0.25) is 0 Å². The third-order valence-electron chi connectivity index (χ3n) is 8.39. The summed E-state index contributed by atoms with van der Waals surface area (Å²) in [4.78, 5) is 21.7. The molecular formula is C30H39N7O. The zero-order chi connectivity index (χ0) is 27.2. The van der Waals surface area contributed by atoms with Crippen molar-refractivity contribution in [3.63, 3.8) is 0 Å². The molecule has 1 saturated heterocycles. The van der Waals surface area contributed by atoms with Crippen LogP contribution < -0.4 is 10.5 Å². The molecule has 200 valence electrons. The standard InChI is InChI=1S/C30H39N7O/c1-8-30(6,7)37-28(32-33-34-37)27(24-18-23-17-19(2)16-21(4)26(23)31-29(24)38)36-14-12-35(13-15-36)25-11-9-10-20(3)22(25)5/h9-11,16-18,27H,8,12-15H2,1-7H3,(H,31,38)/t27-/m0/s1. The summed E-state index contributed by atoms with van der Waals surface area (Å²) in [6.45, 7) is 18.2. The molecule has 1 atom stereocenters. The Balaban J connectivity index is 1.59. The molecule has 38 heavy (non-hydrogen) atoms. The van der Waals surface area contributed by atoms with Crippen LogP contribution in [-0.2, 0) is 5.54 Å². The molecule has 8 heteroatoms. The first kappa shape index (κ1) is 26.1. The third-order valence-corrected chi connectivity index (χ3v) is 8.39. The van der Waals surface area contributed by atoms with E-state index in [0.29, 0.717) is 11.4 Å². The maximum atomic E-state index is 13.7. The number of benzene rings is 2. The predicted molar refractivity (Wildman–Crippen MR) is 153 cm³/mol. The third kappa shape index (κ3) is 4.62. The summed E-state index contributed by atoms with van der Waals surface area (Å²) in [6.07, 6.45) is 0.866. The van der Waals surface area contributed by atoms with Crippen LogP contribution in [0.2, 0.25) is 0 Å². The minimum absolute atomic E-state index is 0.0877. The van der Waals surface area contributed by atoms with Crippen LogP contribution in [0.1, 0.15) is 66.9 Å². The second-order valence-corrected chi connectivity index (χ2v) is 11.4. The normalized spacial score (nSPS) is 15.8. The van der Waals surface area contributed by atoms with Gasteiger partial charge in [-0.05, 0) is 98.7 Å². The Bertz CT molecular complexity index is 1530.